The molecule has 0 fully saturated rings. The van der Waals surface area contributed by atoms with Crippen molar-refractivity contribution in [2.24, 2.45) is 5.41 Å². The number of carbonyl (C=O) groups is 1. The highest BCUT2D eigenvalue weighted by molar-refractivity contribution is 5.76. The molecule has 0 saturated carbocycles. The van der Waals surface area contributed by atoms with Crippen molar-refractivity contribution in [2.75, 3.05) is 46.4 Å². The number of hydrogen-bond acceptors (Lipinski definition) is 4. The average Bonchev–Trinajstić information content (AvgIpc) is 2.41. The van der Waals surface area contributed by atoms with Crippen molar-refractivity contribution in [3.05, 3.63) is 0 Å². The molecule has 0 aromatic carbocycles. The monoisotopic (exact) mass is 272 g/mol. The van der Waals surface area contributed by atoms with Crippen LogP contribution < -0.4 is 0 Å². The van der Waals surface area contributed by atoms with Crippen molar-refractivity contribution >= 4 is 5.97 Å². The van der Waals surface area contributed by atoms with E-state index < -0.39 is 5.41 Å². The molecule has 0 aromatic heterocycles. The summed E-state index contributed by atoms with van der Waals surface area (Å²) in [5.74, 6) is -0.130. The van der Waals surface area contributed by atoms with Crippen molar-refractivity contribution in [3.63, 3.8) is 0 Å². The van der Waals surface area contributed by atoms with E-state index in [4.69, 9.17) is 4.74 Å². The standard InChI is InChI=1S/C15H32N2O2/c1-7-16(8-2)11-10-12-17(9-3)13-15(4,5)14(18)19-6/h7-13H2,1-6H3. The Morgan fingerprint density at radius 3 is 1.89 bits per heavy atom. The highest BCUT2D eigenvalue weighted by Crippen LogP contribution is 2.19. The number of carbonyl (C=O) groups excluding carboxylic acids is 1. The maximum atomic E-state index is 11.7. The Bertz CT molecular complexity index is 251. The number of esters is 1. The minimum absolute atomic E-state index is 0.130. The van der Waals surface area contributed by atoms with Crippen LogP contribution in [0.1, 0.15) is 41.0 Å². The number of methoxy groups -OCH3 is 1. The Kier molecular flexibility index (Phi) is 9.02. The molecular weight excluding hydrogens is 240 g/mol. The van der Waals surface area contributed by atoms with Crippen LogP contribution in [-0.2, 0) is 9.53 Å². The smallest absolute Gasteiger partial charge is 0.312 e. The molecular formula is C15H32N2O2. The molecule has 0 aliphatic heterocycles. The summed E-state index contributed by atoms with van der Waals surface area (Å²) >= 11 is 0. The van der Waals surface area contributed by atoms with Crippen molar-refractivity contribution in [2.45, 2.75) is 41.0 Å². The van der Waals surface area contributed by atoms with Gasteiger partial charge in [0, 0.05) is 6.54 Å². The quantitative estimate of drug-likeness (QED) is 0.571. The van der Waals surface area contributed by atoms with Gasteiger partial charge in [0.15, 0.2) is 0 Å². The third kappa shape index (κ3) is 6.92. The third-order valence-electron chi connectivity index (χ3n) is 3.65. The summed E-state index contributed by atoms with van der Waals surface area (Å²) in [6, 6.07) is 0. The van der Waals surface area contributed by atoms with Crippen molar-refractivity contribution in [1.82, 2.24) is 9.80 Å². The summed E-state index contributed by atoms with van der Waals surface area (Å²) < 4.78 is 4.86. The first-order chi connectivity index (χ1) is 8.91. The zero-order chi connectivity index (χ0) is 14.9. The van der Waals surface area contributed by atoms with Crippen LogP contribution in [-0.4, -0.2) is 62.1 Å². The minimum Gasteiger partial charge on any atom is -0.469 e. The summed E-state index contributed by atoms with van der Waals surface area (Å²) in [4.78, 5) is 16.5. The van der Waals surface area contributed by atoms with E-state index in [1.54, 1.807) is 0 Å². The van der Waals surface area contributed by atoms with Crippen LogP contribution in [0, 0.1) is 5.41 Å². The van der Waals surface area contributed by atoms with Gasteiger partial charge in [-0.1, -0.05) is 20.8 Å². The number of nitrogens with zero attached hydrogens (tertiary/aromatic N) is 2. The van der Waals surface area contributed by atoms with Crippen LogP contribution in [0.25, 0.3) is 0 Å². The van der Waals surface area contributed by atoms with Crippen molar-refractivity contribution in [1.29, 1.82) is 0 Å². The molecule has 0 N–H and O–H groups in total. The maximum absolute atomic E-state index is 11.7. The van der Waals surface area contributed by atoms with E-state index in [-0.39, 0.29) is 5.97 Å². The van der Waals surface area contributed by atoms with Gasteiger partial charge in [-0.15, -0.1) is 0 Å². The Balaban J connectivity index is 4.18. The zero-order valence-electron chi connectivity index (χ0n) is 13.7. The largest absolute Gasteiger partial charge is 0.469 e. The molecule has 0 aliphatic carbocycles. The van der Waals surface area contributed by atoms with E-state index in [1.807, 2.05) is 13.8 Å². The first-order valence-corrected chi connectivity index (χ1v) is 7.44. The predicted molar refractivity (Wildman–Crippen MR) is 80.3 cm³/mol. The highest BCUT2D eigenvalue weighted by atomic mass is 16.5. The molecule has 0 radical (unpaired) electrons. The first-order valence-electron chi connectivity index (χ1n) is 7.44. The molecule has 0 saturated heterocycles. The van der Waals surface area contributed by atoms with E-state index in [9.17, 15) is 4.79 Å². The van der Waals surface area contributed by atoms with Crippen LogP contribution >= 0.6 is 0 Å². The van der Waals surface area contributed by atoms with E-state index in [0.717, 1.165) is 45.7 Å². The van der Waals surface area contributed by atoms with Gasteiger partial charge in [-0.3, -0.25) is 4.79 Å². The van der Waals surface area contributed by atoms with E-state index >= 15 is 0 Å². The number of rotatable bonds is 10. The fourth-order valence-corrected chi connectivity index (χ4v) is 2.31. The Hall–Kier alpha value is -0.610. The van der Waals surface area contributed by atoms with Gasteiger partial charge in [0.25, 0.3) is 0 Å². The van der Waals surface area contributed by atoms with Crippen LogP contribution in [0.4, 0.5) is 0 Å². The summed E-state index contributed by atoms with van der Waals surface area (Å²) in [6.07, 6.45) is 1.15. The molecule has 0 spiro atoms. The molecule has 0 atom stereocenters. The third-order valence-corrected chi connectivity index (χ3v) is 3.65. The Labute approximate surface area is 119 Å². The molecule has 0 aromatic rings. The lowest BCUT2D eigenvalue weighted by Crippen LogP contribution is -2.41. The Morgan fingerprint density at radius 2 is 1.47 bits per heavy atom. The van der Waals surface area contributed by atoms with E-state index in [0.29, 0.717) is 0 Å². The van der Waals surface area contributed by atoms with Gasteiger partial charge in [-0.2, -0.15) is 0 Å². The van der Waals surface area contributed by atoms with Gasteiger partial charge in [0.1, 0.15) is 0 Å². The molecule has 0 aliphatic rings. The van der Waals surface area contributed by atoms with Gasteiger partial charge in [0.2, 0.25) is 0 Å². The van der Waals surface area contributed by atoms with Gasteiger partial charge in [-0.05, 0) is 53.0 Å². The summed E-state index contributed by atoms with van der Waals surface area (Å²) in [5.41, 5.74) is -0.431. The molecule has 114 valence electrons. The van der Waals surface area contributed by atoms with E-state index in [2.05, 4.69) is 30.6 Å². The highest BCUT2D eigenvalue weighted by Gasteiger charge is 2.30. The molecule has 0 heterocycles. The first kappa shape index (κ1) is 18.4. The predicted octanol–water partition coefficient (Wildman–Crippen LogP) is 2.24. The van der Waals surface area contributed by atoms with Crippen molar-refractivity contribution < 1.29 is 9.53 Å². The van der Waals surface area contributed by atoms with Crippen LogP contribution in [0.15, 0.2) is 0 Å². The van der Waals surface area contributed by atoms with Crippen LogP contribution in [0.3, 0.4) is 0 Å². The molecule has 4 heteroatoms. The van der Waals surface area contributed by atoms with E-state index in [1.165, 1.54) is 7.11 Å². The Morgan fingerprint density at radius 1 is 1.00 bits per heavy atom. The number of hydrogen-bond donors (Lipinski definition) is 0. The SMILES string of the molecule is CCN(CC)CCCN(CC)CC(C)(C)C(=O)OC. The second-order valence-electron chi connectivity index (χ2n) is 5.62. The summed E-state index contributed by atoms with van der Waals surface area (Å²) in [5, 5.41) is 0. The van der Waals surface area contributed by atoms with Gasteiger partial charge in [0.05, 0.1) is 12.5 Å². The molecule has 19 heavy (non-hydrogen) atoms. The summed E-state index contributed by atoms with van der Waals surface area (Å²) in [6.45, 7) is 16.5. The lowest BCUT2D eigenvalue weighted by molar-refractivity contribution is -0.151. The van der Waals surface area contributed by atoms with Crippen LogP contribution in [0.2, 0.25) is 0 Å². The fraction of sp³-hybridized carbons (Fsp3) is 0.933. The topological polar surface area (TPSA) is 32.8 Å². The van der Waals surface area contributed by atoms with Gasteiger partial charge < -0.3 is 14.5 Å². The lowest BCUT2D eigenvalue weighted by atomic mass is 9.93. The number of ether oxygens (including phenoxy) is 1. The molecule has 0 unspecified atom stereocenters. The fourth-order valence-electron chi connectivity index (χ4n) is 2.31. The molecule has 0 rings (SSSR count). The normalized spacial score (nSPS) is 12.2. The van der Waals surface area contributed by atoms with Crippen LogP contribution in [0.5, 0.6) is 0 Å². The van der Waals surface area contributed by atoms with Gasteiger partial charge in [-0.25, -0.2) is 0 Å². The second-order valence-corrected chi connectivity index (χ2v) is 5.62. The zero-order valence-corrected chi connectivity index (χ0v) is 13.7. The van der Waals surface area contributed by atoms with Crippen molar-refractivity contribution in [3.8, 4) is 0 Å². The molecule has 0 amide bonds. The minimum atomic E-state index is -0.431. The second kappa shape index (κ2) is 9.32. The summed E-state index contributed by atoms with van der Waals surface area (Å²) in [7, 11) is 1.46. The molecule has 4 nitrogen and oxygen atoms in total. The lowest BCUT2D eigenvalue weighted by Gasteiger charge is -2.30. The van der Waals surface area contributed by atoms with Gasteiger partial charge >= 0.3 is 5.97 Å². The molecule has 0 bridgehead atoms. The maximum Gasteiger partial charge on any atom is 0.312 e. The average molecular weight is 272 g/mol.